The molecule has 0 atom stereocenters. The molecular weight excluding hydrogens is 387 g/mol. The van der Waals surface area contributed by atoms with Gasteiger partial charge in [0, 0.05) is 30.4 Å². The Morgan fingerprint density at radius 2 is 1.46 bits per heavy atom. The molecule has 2 aromatic carbocycles. The van der Waals surface area contributed by atoms with Crippen LogP contribution in [0.2, 0.25) is 0 Å². The van der Waals surface area contributed by atoms with E-state index in [1.807, 2.05) is 0 Å². The molecule has 2 N–H and O–H groups in total. The summed E-state index contributed by atoms with van der Waals surface area (Å²) in [5, 5.41) is 11.4. The van der Waals surface area contributed by atoms with E-state index in [1.54, 1.807) is 0 Å². The van der Waals surface area contributed by atoms with Crippen LogP contribution in [0.5, 0.6) is 5.75 Å². The number of carbonyl (C=O) groups excluding carboxylic acids is 2. The summed E-state index contributed by atoms with van der Waals surface area (Å²) in [5.41, 5.74) is -0.475. The van der Waals surface area contributed by atoms with Crippen molar-refractivity contribution >= 4 is 17.5 Å². The molecule has 5 nitrogen and oxygen atoms in total. The number of phenolic OH excluding ortho intramolecular Hbond substituents is 1. The second-order valence-electron chi connectivity index (χ2n) is 5.89. The van der Waals surface area contributed by atoms with E-state index >= 15 is 0 Å². The Morgan fingerprint density at radius 3 is 2.04 bits per heavy atom. The van der Waals surface area contributed by atoms with E-state index in [0.29, 0.717) is 0 Å². The number of nitrogens with zero attached hydrogens (tertiary/aromatic N) is 1. The van der Waals surface area contributed by atoms with E-state index in [0.717, 1.165) is 35.2 Å². The summed E-state index contributed by atoms with van der Waals surface area (Å²) >= 11 is 0. The average Bonchev–Trinajstić information content (AvgIpc) is 2.89. The predicted octanol–water partition coefficient (Wildman–Crippen LogP) is 3.00. The summed E-state index contributed by atoms with van der Waals surface area (Å²) in [5.74, 6) is -9.73. The molecule has 0 bridgehead atoms. The number of rotatable bonds is 5. The van der Waals surface area contributed by atoms with Crippen LogP contribution in [0.1, 0.15) is 5.56 Å². The number of aromatic hydroxyl groups is 1. The van der Waals surface area contributed by atoms with Crippen LogP contribution in [0.15, 0.2) is 36.0 Å². The highest BCUT2D eigenvalue weighted by atomic mass is 19.2. The highest BCUT2D eigenvalue weighted by Gasteiger charge is 2.31. The molecule has 0 aromatic heterocycles. The van der Waals surface area contributed by atoms with Gasteiger partial charge in [-0.1, -0.05) is 0 Å². The molecule has 10 heteroatoms. The van der Waals surface area contributed by atoms with E-state index in [1.165, 1.54) is 0 Å². The maximum absolute atomic E-state index is 13.4. The molecule has 0 aliphatic carbocycles. The predicted molar refractivity (Wildman–Crippen MR) is 86.5 cm³/mol. The minimum Gasteiger partial charge on any atom is -0.503 e. The van der Waals surface area contributed by atoms with Crippen LogP contribution in [-0.2, 0) is 16.0 Å². The Morgan fingerprint density at radius 1 is 0.893 bits per heavy atom. The van der Waals surface area contributed by atoms with Crippen LogP contribution in [0.4, 0.5) is 27.6 Å². The van der Waals surface area contributed by atoms with Gasteiger partial charge >= 0.3 is 0 Å². The summed E-state index contributed by atoms with van der Waals surface area (Å²) in [7, 11) is 0. The number of carbonyl (C=O) groups is 2. The van der Waals surface area contributed by atoms with Gasteiger partial charge in [-0.2, -0.15) is 0 Å². The molecule has 1 heterocycles. The smallest absolute Gasteiger partial charge is 0.277 e. The maximum Gasteiger partial charge on any atom is 0.277 e. The molecule has 0 spiro atoms. The Bertz CT molecular complexity index is 976. The Kier molecular flexibility index (Phi) is 5.04. The third-order valence-electron chi connectivity index (χ3n) is 3.97. The van der Waals surface area contributed by atoms with Gasteiger partial charge in [-0.15, -0.1) is 0 Å². The Hall–Kier alpha value is -3.43. The largest absolute Gasteiger partial charge is 0.503 e. The molecule has 2 amide bonds. The number of benzene rings is 2. The summed E-state index contributed by atoms with van der Waals surface area (Å²) < 4.78 is 66.2. The van der Waals surface area contributed by atoms with Gasteiger partial charge in [-0.05, 0) is 24.1 Å². The van der Waals surface area contributed by atoms with Crippen molar-refractivity contribution in [2.24, 2.45) is 0 Å². The second kappa shape index (κ2) is 7.29. The van der Waals surface area contributed by atoms with Crippen molar-refractivity contribution in [2.75, 3.05) is 11.9 Å². The van der Waals surface area contributed by atoms with E-state index in [9.17, 15) is 31.5 Å². The van der Waals surface area contributed by atoms with E-state index in [4.69, 9.17) is 5.11 Å². The number of halogens is 5. The molecule has 0 radical (unpaired) electrons. The zero-order valence-electron chi connectivity index (χ0n) is 13.9. The number of nitrogens with one attached hydrogen (secondary N) is 1. The number of anilines is 1. The van der Waals surface area contributed by atoms with Crippen molar-refractivity contribution in [3.63, 3.8) is 0 Å². The molecule has 1 aliphatic rings. The SMILES string of the molecule is O=C1C=C(Nc2cc(F)c(O)c(F)c2)C(=O)N1CCc1cc(F)c(F)c(F)c1. The number of hydrogen-bond donors (Lipinski definition) is 2. The van der Waals surface area contributed by atoms with Crippen LogP contribution in [0.25, 0.3) is 0 Å². The van der Waals surface area contributed by atoms with Gasteiger partial charge in [0.1, 0.15) is 5.70 Å². The van der Waals surface area contributed by atoms with Crippen molar-refractivity contribution in [1.29, 1.82) is 0 Å². The molecule has 28 heavy (non-hydrogen) atoms. The molecule has 0 saturated carbocycles. The van der Waals surface area contributed by atoms with Crippen molar-refractivity contribution in [3.05, 3.63) is 70.7 Å². The van der Waals surface area contributed by atoms with E-state index < -0.39 is 46.6 Å². The lowest BCUT2D eigenvalue weighted by atomic mass is 10.1. The van der Waals surface area contributed by atoms with Gasteiger partial charge in [0.05, 0.1) is 0 Å². The normalized spacial score (nSPS) is 13.9. The van der Waals surface area contributed by atoms with Crippen LogP contribution in [0, 0.1) is 29.1 Å². The lowest BCUT2D eigenvalue weighted by Crippen LogP contribution is -2.34. The zero-order chi connectivity index (χ0) is 20.6. The first-order chi connectivity index (χ1) is 13.2. The summed E-state index contributed by atoms with van der Waals surface area (Å²) in [6, 6.07) is 2.95. The fourth-order valence-electron chi connectivity index (χ4n) is 2.60. The standard InChI is InChI=1S/C18H11F5N2O3/c19-10-3-8(4-11(20)16(10)23)1-2-25-15(26)7-14(18(25)28)24-9-5-12(21)17(27)13(22)6-9/h3-7,24,27H,1-2H2. The summed E-state index contributed by atoms with van der Waals surface area (Å²) in [6.07, 6.45) is 0.742. The van der Waals surface area contributed by atoms with Gasteiger partial charge < -0.3 is 10.4 Å². The van der Waals surface area contributed by atoms with Crippen LogP contribution in [0.3, 0.4) is 0 Å². The molecule has 146 valence electrons. The first-order valence-corrected chi connectivity index (χ1v) is 7.83. The average molecular weight is 398 g/mol. The third kappa shape index (κ3) is 3.66. The van der Waals surface area contributed by atoms with Crippen LogP contribution in [-0.4, -0.2) is 28.4 Å². The van der Waals surface area contributed by atoms with E-state index in [2.05, 4.69) is 5.32 Å². The lowest BCUT2D eigenvalue weighted by Gasteiger charge is -2.15. The minimum atomic E-state index is -1.63. The number of amides is 2. The lowest BCUT2D eigenvalue weighted by molar-refractivity contribution is -0.137. The van der Waals surface area contributed by atoms with E-state index in [-0.39, 0.29) is 29.9 Å². The Balaban J connectivity index is 1.70. The maximum atomic E-state index is 13.4. The fraction of sp³-hybridized carbons (Fsp3) is 0.111. The number of hydrogen-bond acceptors (Lipinski definition) is 4. The first-order valence-electron chi connectivity index (χ1n) is 7.83. The van der Waals surface area contributed by atoms with Crippen molar-refractivity contribution in [2.45, 2.75) is 6.42 Å². The molecular formula is C18H11F5N2O3. The summed E-state index contributed by atoms with van der Waals surface area (Å²) in [6.45, 7) is -0.262. The molecule has 0 unspecified atom stereocenters. The van der Waals surface area contributed by atoms with Crippen LogP contribution >= 0.6 is 0 Å². The fourth-order valence-corrected chi connectivity index (χ4v) is 2.60. The van der Waals surface area contributed by atoms with Crippen LogP contribution < -0.4 is 5.32 Å². The molecule has 0 saturated heterocycles. The van der Waals surface area contributed by atoms with Gasteiger partial charge in [0.25, 0.3) is 11.8 Å². The number of phenols is 1. The Labute approximate surface area is 154 Å². The highest BCUT2D eigenvalue weighted by Crippen LogP contribution is 2.26. The molecule has 0 fully saturated rings. The highest BCUT2D eigenvalue weighted by molar-refractivity contribution is 6.17. The van der Waals surface area contributed by atoms with Crippen molar-refractivity contribution in [1.82, 2.24) is 4.90 Å². The van der Waals surface area contributed by atoms with Gasteiger partial charge in [-0.25, -0.2) is 22.0 Å². The van der Waals surface area contributed by atoms with Gasteiger partial charge in [0.15, 0.2) is 34.8 Å². The minimum absolute atomic E-state index is 0.0288. The van der Waals surface area contributed by atoms with Crippen molar-refractivity contribution < 1.29 is 36.6 Å². The monoisotopic (exact) mass is 398 g/mol. The zero-order valence-corrected chi connectivity index (χ0v) is 13.9. The number of imide groups is 1. The van der Waals surface area contributed by atoms with Gasteiger partial charge in [-0.3, -0.25) is 14.5 Å². The topological polar surface area (TPSA) is 69.6 Å². The molecule has 3 rings (SSSR count). The molecule has 2 aromatic rings. The van der Waals surface area contributed by atoms with Crippen molar-refractivity contribution in [3.8, 4) is 5.75 Å². The third-order valence-corrected chi connectivity index (χ3v) is 3.97. The summed E-state index contributed by atoms with van der Waals surface area (Å²) in [4.78, 5) is 25.0. The quantitative estimate of drug-likeness (QED) is 0.352. The first kappa shape index (κ1) is 19.3. The van der Waals surface area contributed by atoms with Gasteiger partial charge in [0.2, 0.25) is 0 Å². The molecule has 1 aliphatic heterocycles. The second-order valence-corrected chi connectivity index (χ2v) is 5.89.